The van der Waals surface area contributed by atoms with E-state index in [0.29, 0.717) is 32.1 Å². The van der Waals surface area contributed by atoms with Crippen molar-refractivity contribution in [3.8, 4) is 0 Å². The van der Waals surface area contributed by atoms with Gasteiger partial charge in [-0.05, 0) is 68.4 Å². The van der Waals surface area contributed by atoms with Crippen molar-refractivity contribution in [2.24, 2.45) is 23.2 Å². The number of pyridine rings is 1. The van der Waals surface area contributed by atoms with Crippen LogP contribution in [0.4, 0.5) is 0 Å². The summed E-state index contributed by atoms with van der Waals surface area (Å²) in [6.07, 6.45) is 8.77. The summed E-state index contributed by atoms with van der Waals surface area (Å²) >= 11 is 0. The third-order valence-electron chi connectivity index (χ3n) is 7.39. The van der Waals surface area contributed by atoms with Gasteiger partial charge in [-0.3, -0.25) is 14.4 Å². The van der Waals surface area contributed by atoms with Crippen LogP contribution in [0, 0.1) is 23.2 Å². The van der Waals surface area contributed by atoms with Gasteiger partial charge in [-0.1, -0.05) is 0 Å². The van der Waals surface area contributed by atoms with Crippen LogP contribution in [0.1, 0.15) is 48.9 Å². The molecule has 1 saturated heterocycles. The molecule has 27 heavy (non-hydrogen) atoms. The lowest BCUT2D eigenvalue weighted by atomic mass is 9.49. The third-order valence-corrected chi connectivity index (χ3v) is 7.39. The predicted molar refractivity (Wildman–Crippen MR) is 100 cm³/mol. The van der Waals surface area contributed by atoms with Crippen LogP contribution < -0.4 is 5.56 Å². The number of H-pyrrole nitrogens is 1. The van der Waals surface area contributed by atoms with Crippen LogP contribution in [-0.4, -0.2) is 52.8 Å². The van der Waals surface area contributed by atoms with Gasteiger partial charge in [-0.2, -0.15) is 0 Å². The number of hydrogen-bond donors (Lipinski definition) is 1. The number of hydrogen-bond acceptors (Lipinski definition) is 3. The van der Waals surface area contributed by atoms with Crippen LogP contribution in [0.2, 0.25) is 0 Å². The van der Waals surface area contributed by atoms with E-state index in [2.05, 4.69) is 4.98 Å². The lowest BCUT2D eigenvalue weighted by Gasteiger charge is -2.57. The molecule has 0 aromatic carbocycles. The Morgan fingerprint density at radius 3 is 2.04 bits per heavy atom. The van der Waals surface area contributed by atoms with Crippen molar-refractivity contribution >= 4 is 11.8 Å². The van der Waals surface area contributed by atoms with Crippen molar-refractivity contribution in [1.29, 1.82) is 0 Å². The minimum absolute atomic E-state index is 0.114. The number of nitrogens with one attached hydrogen (secondary N) is 1. The van der Waals surface area contributed by atoms with E-state index in [1.54, 1.807) is 17.0 Å². The first-order valence-electron chi connectivity index (χ1n) is 10.3. The molecule has 1 N–H and O–H groups in total. The van der Waals surface area contributed by atoms with Gasteiger partial charge in [0.05, 0.1) is 5.41 Å². The highest BCUT2D eigenvalue weighted by molar-refractivity contribution is 5.94. The molecule has 5 fully saturated rings. The van der Waals surface area contributed by atoms with Crippen molar-refractivity contribution in [2.45, 2.75) is 38.5 Å². The van der Waals surface area contributed by atoms with E-state index in [-0.39, 0.29) is 22.4 Å². The highest BCUT2D eigenvalue weighted by Gasteiger charge is 2.55. The maximum absolute atomic E-state index is 13.4. The summed E-state index contributed by atoms with van der Waals surface area (Å²) in [6, 6.07) is 3.23. The van der Waals surface area contributed by atoms with Crippen molar-refractivity contribution in [2.75, 3.05) is 26.2 Å². The Morgan fingerprint density at radius 2 is 1.48 bits per heavy atom. The second-order valence-corrected chi connectivity index (χ2v) is 9.20. The monoisotopic (exact) mass is 369 g/mol. The summed E-state index contributed by atoms with van der Waals surface area (Å²) in [5.41, 5.74) is -0.287. The molecule has 0 radical (unpaired) electrons. The Kier molecular flexibility index (Phi) is 3.92. The largest absolute Gasteiger partial charge is 0.339 e. The zero-order chi connectivity index (χ0) is 18.6. The third kappa shape index (κ3) is 2.80. The van der Waals surface area contributed by atoms with Crippen molar-refractivity contribution < 1.29 is 9.59 Å². The molecule has 6 rings (SSSR count). The molecular formula is C21H27N3O3. The fourth-order valence-corrected chi connectivity index (χ4v) is 6.58. The number of nitrogens with zero attached hydrogens (tertiary/aromatic N) is 2. The minimum Gasteiger partial charge on any atom is -0.339 e. The van der Waals surface area contributed by atoms with Gasteiger partial charge < -0.3 is 14.8 Å². The molecule has 1 aromatic rings. The normalized spacial score (nSPS) is 34.7. The molecule has 6 heteroatoms. The van der Waals surface area contributed by atoms with Gasteiger partial charge >= 0.3 is 0 Å². The zero-order valence-corrected chi connectivity index (χ0v) is 15.7. The minimum atomic E-state index is -0.352. The summed E-state index contributed by atoms with van der Waals surface area (Å²) < 4.78 is 0. The summed E-state index contributed by atoms with van der Waals surface area (Å²) in [6.45, 7) is 2.17. The Labute approximate surface area is 158 Å². The molecule has 4 saturated carbocycles. The van der Waals surface area contributed by atoms with Gasteiger partial charge in [0.15, 0.2) is 0 Å². The number of aromatic nitrogens is 1. The molecule has 1 aliphatic heterocycles. The smallest absolute Gasteiger partial charge is 0.260 e. The molecule has 4 aliphatic carbocycles. The first-order chi connectivity index (χ1) is 13.0. The van der Waals surface area contributed by atoms with Gasteiger partial charge in [-0.15, -0.1) is 0 Å². The zero-order valence-electron chi connectivity index (χ0n) is 15.7. The molecule has 2 amide bonds. The van der Waals surface area contributed by atoms with Crippen molar-refractivity contribution in [1.82, 2.24) is 14.8 Å². The number of aromatic amines is 1. The molecule has 144 valence electrons. The quantitative estimate of drug-likeness (QED) is 0.865. The molecular weight excluding hydrogens is 342 g/mol. The standard InChI is InChI=1S/C21H27N3O3/c25-18-17(2-1-3-22-18)19(26)23-4-6-24(7-5-23)20(27)21-11-14-8-15(12-21)10-16(9-14)13-21/h1-3,14-16H,4-13H2,(H,22,25). The summed E-state index contributed by atoms with van der Waals surface area (Å²) in [5.74, 6) is 2.37. The maximum atomic E-state index is 13.4. The lowest BCUT2D eigenvalue weighted by molar-refractivity contribution is -0.159. The van der Waals surface area contributed by atoms with Crippen molar-refractivity contribution in [3.05, 3.63) is 34.2 Å². The molecule has 0 atom stereocenters. The van der Waals surface area contributed by atoms with Crippen LogP contribution in [0.3, 0.4) is 0 Å². The lowest BCUT2D eigenvalue weighted by Crippen LogP contribution is -2.58. The maximum Gasteiger partial charge on any atom is 0.260 e. The number of amides is 2. The van der Waals surface area contributed by atoms with E-state index in [1.807, 2.05) is 4.90 Å². The summed E-state index contributed by atoms with van der Waals surface area (Å²) in [7, 11) is 0. The van der Waals surface area contributed by atoms with Gasteiger partial charge in [0.25, 0.3) is 11.5 Å². The summed E-state index contributed by atoms with van der Waals surface area (Å²) in [5, 5.41) is 0. The highest BCUT2D eigenvalue weighted by atomic mass is 16.2. The molecule has 6 nitrogen and oxygen atoms in total. The van der Waals surface area contributed by atoms with Gasteiger partial charge in [0, 0.05) is 32.4 Å². The molecule has 2 heterocycles. The van der Waals surface area contributed by atoms with Crippen LogP contribution in [-0.2, 0) is 4.79 Å². The number of rotatable bonds is 2. The van der Waals surface area contributed by atoms with Crippen molar-refractivity contribution in [3.63, 3.8) is 0 Å². The van der Waals surface area contributed by atoms with Crippen LogP contribution in [0.5, 0.6) is 0 Å². The molecule has 4 bridgehead atoms. The fourth-order valence-electron chi connectivity index (χ4n) is 6.58. The van der Waals surface area contributed by atoms with E-state index >= 15 is 0 Å². The second-order valence-electron chi connectivity index (χ2n) is 9.20. The number of carbonyl (C=O) groups excluding carboxylic acids is 2. The average Bonchev–Trinajstić information content (AvgIpc) is 2.66. The average molecular weight is 369 g/mol. The fraction of sp³-hybridized carbons (Fsp3) is 0.667. The second kappa shape index (κ2) is 6.21. The first-order valence-corrected chi connectivity index (χ1v) is 10.3. The Morgan fingerprint density at radius 1 is 0.926 bits per heavy atom. The van der Waals surface area contributed by atoms with E-state index in [9.17, 15) is 14.4 Å². The predicted octanol–water partition coefficient (Wildman–Crippen LogP) is 1.88. The van der Waals surface area contributed by atoms with E-state index in [0.717, 1.165) is 37.0 Å². The number of piperazine rings is 1. The van der Waals surface area contributed by atoms with Gasteiger partial charge in [0.1, 0.15) is 5.56 Å². The van der Waals surface area contributed by atoms with E-state index in [4.69, 9.17) is 0 Å². The topological polar surface area (TPSA) is 73.5 Å². The molecule has 0 spiro atoms. The van der Waals surface area contributed by atoms with Gasteiger partial charge in [-0.25, -0.2) is 0 Å². The molecule has 1 aromatic heterocycles. The summed E-state index contributed by atoms with van der Waals surface area (Å²) in [4.78, 5) is 44.2. The first kappa shape index (κ1) is 17.0. The highest BCUT2D eigenvalue weighted by Crippen LogP contribution is 2.60. The molecule has 5 aliphatic rings. The van der Waals surface area contributed by atoms with E-state index < -0.39 is 0 Å². The SMILES string of the molecule is O=C(c1ccc[nH]c1=O)N1CCN(C(=O)C23CC4CC(CC(C4)C2)C3)CC1. The Bertz CT molecular complexity index is 787. The van der Waals surface area contributed by atoms with Crippen LogP contribution in [0.15, 0.2) is 23.1 Å². The van der Waals surface area contributed by atoms with E-state index in [1.165, 1.54) is 25.5 Å². The van der Waals surface area contributed by atoms with Gasteiger partial charge in [0.2, 0.25) is 5.91 Å². The van der Waals surface area contributed by atoms with Crippen LogP contribution >= 0.6 is 0 Å². The van der Waals surface area contributed by atoms with Crippen LogP contribution in [0.25, 0.3) is 0 Å². The number of carbonyl (C=O) groups is 2. The Hall–Kier alpha value is -2.11. The Balaban J connectivity index is 1.26. The molecule has 0 unspecified atom stereocenters.